The fraction of sp³-hybridized carbons (Fsp3) is 0.0690. The summed E-state index contributed by atoms with van der Waals surface area (Å²) < 4.78 is 51.6. The van der Waals surface area contributed by atoms with E-state index in [1.807, 2.05) is 0 Å². The summed E-state index contributed by atoms with van der Waals surface area (Å²) in [6, 6.07) is 19.8. The molecule has 4 aromatic rings. The summed E-state index contributed by atoms with van der Waals surface area (Å²) in [5.74, 6) is -2.02. The topological polar surface area (TPSA) is 116 Å². The Bertz CT molecular complexity index is 1700. The standard InChI is InChI=1S/C29H17F3N2O7/c30-29(31,32)24-6-1-2-7-25(24)33-26(35)22-13-8-18(15-23(22)27(33)36)28(37)40-16-17-4-3-5-21(14-17)41-20-11-9-19(10-12-20)34(38)39/h1-15H,16H2. The van der Waals surface area contributed by atoms with Gasteiger partial charge in [0.15, 0.2) is 0 Å². The summed E-state index contributed by atoms with van der Waals surface area (Å²) in [5, 5.41) is 10.8. The lowest BCUT2D eigenvalue weighted by molar-refractivity contribution is -0.384. The van der Waals surface area contributed by atoms with Gasteiger partial charge in [-0.15, -0.1) is 0 Å². The Morgan fingerprint density at radius 3 is 2.24 bits per heavy atom. The molecular formula is C29H17F3N2O7. The Morgan fingerprint density at radius 2 is 1.54 bits per heavy atom. The lowest BCUT2D eigenvalue weighted by atomic mass is 10.1. The Hall–Kier alpha value is -5.52. The molecule has 0 spiro atoms. The third-order valence-electron chi connectivity index (χ3n) is 6.12. The van der Waals surface area contributed by atoms with E-state index in [9.17, 15) is 37.7 Å². The van der Waals surface area contributed by atoms with Crippen LogP contribution in [0.1, 0.15) is 42.2 Å². The van der Waals surface area contributed by atoms with Crippen molar-refractivity contribution < 1.29 is 42.0 Å². The number of carbonyl (C=O) groups is 3. The summed E-state index contributed by atoms with van der Waals surface area (Å²) >= 11 is 0. The van der Waals surface area contributed by atoms with Crippen LogP contribution in [0.4, 0.5) is 24.5 Å². The molecule has 2 amide bonds. The highest BCUT2D eigenvalue weighted by Crippen LogP contribution is 2.39. The van der Waals surface area contributed by atoms with Gasteiger partial charge in [0.25, 0.3) is 17.5 Å². The number of nitrogens with zero attached hydrogens (tertiary/aromatic N) is 2. The Morgan fingerprint density at radius 1 is 0.829 bits per heavy atom. The number of halogens is 3. The smallest absolute Gasteiger partial charge is 0.418 e. The van der Waals surface area contributed by atoms with E-state index in [4.69, 9.17) is 9.47 Å². The molecule has 206 valence electrons. The number of esters is 1. The molecule has 12 heteroatoms. The normalized spacial score (nSPS) is 12.7. The van der Waals surface area contributed by atoms with E-state index in [1.165, 1.54) is 42.5 Å². The highest BCUT2D eigenvalue weighted by molar-refractivity contribution is 6.35. The van der Waals surface area contributed by atoms with Crippen molar-refractivity contribution in [3.05, 3.63) is 129 Å². The van der Waals surface area contributed by atoms with Crippen molar-refractivity contribution in [2.24, 2.45) is 0 Å². The van der Waals surface area contributed by atoms with Crippen LogP contribution in [0.2, 0.25) is 0 Å². The fourth-order valence-corrected chi connectivity index (χ4v) is 4.20. The zero-order valence-electron chi connectivity index (χ0n) is 20.8. The lowest BCUT2D eigenvalue weighted by Gasteiger charge is -2.19. The highest BCUT2D eigenvalue weighted by atomic mass is 19.4. The molecular weight excluding hydrogens is 545 g/mol. The third kappa shape index (κ3) is 5.48. The van der Waals surface area contributed by atoms with Crippen LogP contribution in [0.25, 0.3) is 0 Å². The van der Waals surface area contributed by atoms with E-state index in [2.05, 4.69) is 0 Å². The number of rotatable bonds is 7. The van der Waals surface area contributed by atoms with Crippen LogP contribution in [-0.4, -0.2) is 22.7 Å². The molecule has 41 heavy (non-hydrogen) atoms. The van der Waals surface area contributed by atoms with Crippen molar-refractivity contribution in [2.75, 3.05) is 4.90 Å². The molecule has 4 aromatic carbocycles. The maximum absolute atomic E-state index is 13.5. The van der Waals surface area contributed by atoms with Gasteiger partial charge in [0.05, 0.1) is 32.9 Å². The summed E-state index contributed by atoms with van der Waals surface area (Å²) in [6.07, 6.45) is -4.80. The number of carbonyl (C=O) groups excluding carboxylic acids is 3. The number of amides is 2. The molecule has 0 atom stereocenters. The van der Waals surface area contributed by atoms with Gasteiger partial charge in [-0.1, -0.05) is 24.3 Å². The maximum Gasteiger partial charge on any atom is 0.418 e. The first-order valence-corrected chi connectivity index (χ1v) is 11.9. The van der Waals surface area contributed by atoms with E-state index >= 15 is 0 Å². The van der Waals surface area contributed by atoms with Gasteiger partial charge < -0.3 is 9.47 Å². The molecule has 0 unspecified atom stereocenters. The number of fused-ring (bicyclic) bond motifs is 1. The molecule has 0 saturated heterocycles. The Labute approximate surface area is 229 Å². The molecule has 0 radical (unpaired) electrons. The maximum atomic E-state index is 13.5. The minimum absolute atomic E-state index is 0.0749. The second kappa shape index (κ2) is 10.6. The number of para-hydroxylation sites is 1. The van der Waals surface area contributed by atoms with Crippen molar-refractivity contribution in [2.45, 2.75) is 12.8 Å². The Kier molecular flexibility index (Phi) is 6.97. The van der Waals surface area contributed by atoms with E-state index < -0.39 is 40.1 Å². The summed E-state index contributed by atoms with van der Waals surface area (Å²) in [4.78, 5) is 49.3. The number of nitro groups is 1. The van der Waals surface area contributed by atoms with Crippen LogP contribution in [0.3, 0.4) is 0 Å². The first-order chi connectivity index (χ1) is 19.5. The number of anilines is 1. The summed E-state index contributed by atoms with van der Waals surface area (Å²) in [6.45, 7) is -0.189. The average Bonchev–Trinajstić information content (AvgIpc) is 3.20. The first-order valence-electron chi connectivity index (χ1n) is 11.9. The first kappa shape index (κ1) is 27.1. The zero-order valence-corrected chi connectivity index (χ0v) is 20.8. The molecule has 5 rings (SSSR count). The third-order valence-corrected chi connectivity index (χ3v) is 6.12. The second-order valence-electron chi connectivity index (χ2n) is 8.80. The van der Waals surface area contributed by atoms with Crippen LogP contribution in [0.15, 0.2) is 91.0 Å². The SMILES string of the molecule is O=C(OCc1cccc(Oc2ccc([N+](=O)[O-])cc2)c1)c1ccc2c(c1)C(=O)N(c1ccccc1C(F)(F)F)C2=O. The van der Waals surface area contributed by atoms with Gasteiger partial charge in [-0.3, -0.25) is 19.7 Å². The van der Waals surface area contributed by atoms with Crippen molar-refractivity contribution in [3.63, 3.8) is 0 Å². The van der Waals surface area contributed by atoms with Crippen LogP contribution < -0.4 is 9.64 Å². The van der Waals surface area contributed by atoms with Crippen molar-refractivity contribution in [1.29, 1.82) is 0 Å². The number of benzene rings is 4. The van der Waals surface area contributed by atoms with Crippen LogP contribution in [0, 0.1) is 10.1 Å². The molecule has 0 aromatic heterocycles. The predicted octanol–water partition coefficient (Wildman–Crippen LogP) is 6.56. The number of hydrogen-bond donors (Lipinski definition) is 0. The molecule has 1 aliphatic rings. The number of ether oxygens (including phenoxy) is 2. The van der Waals surface area contributed by atoms with Crippen LogP contribution >= 0.6 is 0 Å². The fourth-order valence-electron chi connectivity index (χ4n) is 4.20. The number of nitro benzene ring substituents is 1. The minimum Gasteiger partial charge on any atom is -0.457 e. The van der Waals surface area contributed by atoms with Gasteiger partial charge in [-0.25, -0.2) is 9.69 Å². The molecule has 0 N–H and O–H groups in total. The van der Waals surface area contributed by atoms with Gasteiger partial charge in [0.1, 0.15) is 18.1 Å². The monoisotopic (exact) mass is 562 g/mol. The van der Waals surface area contributed by atoms with E-state index in [-0.39, 0.29) is 29.0 Å². The predicted molar refractivity (Wildman–Crippen MR) is 138 cm³/mol. The Balaban J connectivity index is 1.29. The second-order valence-corrected chi connectivity index (χ2v) is 8.80. The number of non-ortho nitro benzene ring substituents is 1. The van der Waals surface area contributed by atoms with E-state index in [0.717, 1.165) is 24.3 Å². The largest absolute Gasteiger partial charge is 0.457 e. The molecule has 0 aliphatic carbocycles. The quantitative estimate of drug-likeness (QED) is 0.108. The van der Waals surface area contributed by atoms with Crippen molar-refractivity contribution in [1.82, 2.24) is 0 Å². The van der Waals surface area contributed by atoms with Gasteiger partial charge in [0, 0.05) is 12.1 Å². The zero-order chi connectivity index (χ0) is 29.3. The average molecular weight is 562 g/mol. The lowest BCUT2D eigenvalue weighted by Crippen LogP contribution is -2.31. The molecule has 9 nitrogen and oxygen atoms in total. The van der Waals surface area contributed by atoms with Gasteiger partial charge in [-0.05, 0) is 60.2 Å². The number of imide groups is 1. The summed E-state index contributed by atoms with van der Waals surface area (Å²) in [5.41, 5.74) is -1.73. The minimum atomic E-state index is -4.80. The van der Waals surface area contributed by atoms with E-state index in [1.54, 1.807) is 24.3 Å². The van der Waals surface area contributed by atoms with Crippen molar-refractivity contribution in [3.8, 4) is 11.5 Å². The van der Waals surface area contributed by atoms with Gasteiger partial charge in [0.2, 0.25) is 0 Å². The molecule has 0 saturated carbocycles. The number of hydrogen-bond acceptors (Lipinski definition) is 7. The van der Waals surface area contributed by atoms with Crippen LogP contribution in [-0.2, 0) is 17.5 Å². The highest BCUT2D eigenvalue weighted by Gasteiger charge is 2.42. The van der Waals surface area contributed by atoms with Crippen molar-refractivity contribution >= 4 is 29.2 Å². The molecule has 0 fully saturated rings. The van der Waals surface area contributed by atoms with Gasteiger partial charge in [-0.2, -0.15) is 13.2 Å². The van der Waals surface area contributed by atoms with Gasteiger partial charge >= 0.3 is 12.1 Å². The molecule has 1 heterocycles. The van der Waals surface area contributed by atoms with Crippen LogP contribution in [0.5, 0.6) is 11.5 Å². The van der Waals surface area contributed by atoms with E-state index in [0.29, 0.717) is 22.0 Å². The number of alkyl halides is 3. The molecule has 0 bridgehead atoms. The molecule has 1 aliphatic heterocycles. The summed E-state index contributed by atoms with van der Waals surface area (Å²) in [7, 11) is 0.